The van der Waals surface area contributed by atoms with E-state index in [0.717, 1.165) is 23.4 Å². The number of nitrogens with one attached hydrogen (secondary N) is 1. The van der Waals surface area contributed by atoms with E-state index in [1.54, 1.807) is 25.1 Å². The fourth-order valence-corrected chi connectivity index (χ4v) is 3.99. The van der Waals surface area contributed by atoms with E-state index in [2.05, 4.69) is 33.9 Å². The maximum Gasteiger partial charge on any atom is 0.251 e. The molecule has 0 aliphatic rings. The van der Waals surface area contributed by atoms with Gasteiger partial charge in [0.25, 0.3) is 5.91 Å². The molecule has 0 fully saturated rings. The molecule has 0 radical (unpaired) electrons. The lowest BCUT2D eigenvalue weighted by atomic mass is 10.1. The van der Waals surface area contributed by atoms with Crippen LogP contribution in [0.25, 0.3) is 11.4 Å². The minimum Gasteiger partial charge on any atom is -0.366 e. The predicted octanol–water partition coefficient (Wildman–Crippen LogP) is 4.05. The van der Waals surface area contributed by atoms with Crippen LogP contribution in [0.4, 0.5) is 5.69 Å². The Labute approximate surface area is 180 Å². The van der Waals surface area contributed by atoms with E-state index < -0.39 is 5.91 Å². The topological polar surface area (TPSA) is 103 Å². The van der Waals surface area contributed by atoms with Crippen LogP contribution in [0, 0.1) is 6.92 Å². The summed E-state index contributed by atoms with van der Waals surface area (Å²) < 4.78 is 2.06. The number of amides is 2. The summed E-state index contributed by atoms with van der Waals surface area (Å²) in [6.45, 7) is 5.99. The van der Waals surface area contributed by atoms with Crippen LogP contribution < -0.4 is 11.1 Å². The summed E-state index contributed by atoms with van der Waals surface area (Å²) in [4.78, 5) is 24.3. The summed E-state index contributed by atoms with van der Waals surface area (Å²) in [5.41, 5.74) is 7.91. The SMILES string of the molecule is CCC(C)n1c(SCC(=O)Nc2cccc(C)c2C(N)=O)nnc1-c1ccccc1. The third-order valence-electron chi connectivity index (χ3n) is 4.85. The number of primary amides is 1. The highest BCUT2D eigenvalue weighted by Gasteiger charge is 2.20. The minimum atomic E-state index is -0.569. The highest BCUT2D eigenvalue weighted by atomic mass is 32.2. The zero-order chi connectivity index (χ0) is 21.7. The largest absolute Gasteiger partial charge is 0.366 e. The molecule has 0 saturated carbocycles. The molecule has 3 aromatic rings. The smallest absolute Gasteiger partial charge is 0.251 e. The van der Waals surface area contributed by atoms with Crippen LogP contribution in [-0.4, -0.2) is 32.3 Å². The number of aromatic nitrogens is 3. The number of nitrogens with zero attached hydrogens (tertiary/aromatic N) is 3. The Morgan fingerprint density at radius 2 is 1.87 bits per heavy atom. The molecule has 0 aliphatic heterocycles. The molecule has 3 rings (SSSR count). The molecule has 2 aromatic carbocycles. The van der Waals surface area contributed by atoms with Crippen molar-refractivity contribution >= 4 is 29.3 Å². The van der Waals surface area contributed by atoms with Gasteiger partial charge in [-0.2, -0.15) is 0 Å². The Morgan fingerprint density at radius 1 is 1.13 bits per heavy atom. The lowest BCUT2D eigenvalue weighted by molar-refractivity contribution is -0.113. The van der Waals surface area contributed by atoms with Gasteiger partial charge in [0.2, 0.25) is 5.91 Å². The van der Waals surface area contributed by atoms with Crippen LogP contribution >= 0.6 is 11.8 Å². The van der Waals surface area contributed by atoms with Gasteiger partial charge in [-0.25, -0.2) is 0 Å². The van der Waals surface area contributed by atoms with Gasteiger partial charge in [0.05, 0.1) is 17.0 Å². The fraction of sp³-hybridized carbons (Fsp3) is 0.273. The maximum atomic E-state index is 12.6. The Kier molecular flexibility index (Phi) is 6.89. The number of aryl methyl sites for hydroxylation is 1. The van der Waals surface area contributed by atoms with Crippen LogP contribution in [0.1, 0.15) is 42.2 Å². The molecule has 2 amide bonds. The molecule has 1 unspecified atom stereocenters. The highest BCUT2D eigenvalue weighted by molar-refractivity contribution is 7.99. The van der Waals surface area contributed by atoms with Crippen molar-refractivity contribution in [1.82, 2.24) is 14.8 Å². The third-order valence-corrected chi connectivity index (χ3v) is 5.80. The number of benzene rings is 2. The van der Waals surface area contributed by atoms with Gasteiger partial charge in [-0.15, -0.1) is 10.2 Å². The molecule has 7 nitrogen and oxygen atoms in total. The summed E-state index contributed by atoms with van der Waals surface area (Å²) in [5.74, 6) is 0.103. The van der Waals surface area contributed by atoms with E-state index in [1.165, 1.54) is 11.8 Å². The van der Waals surface area contributed by atoms with Crippen LogP contribution in [0.15, 0.2) is 53.7 Å². The molecule has 3 N–H and O–H groups in total. The average molecular weight is 424 g/mol. The van der Waals surface area contributed by atoms with Crippen LogP contribution in [-0.2, 0) is 4.79 Å². The van der Waals surface area contributed by atoms with Gasteiger partial charge in [-0.05, 0) is 31.9 Å². The number of thioether (sulfide) groups is 1. The maximum absolute atomic E-state index is 12.6. The molecule has 30 heavy (non-hydrogen) atoms. The van der Waals surface area contributed by atoms with E-state index in [0.29, 0.717) is 16.4 Å². The van der Waals surface area contributed by atoms with Crippen molar-refractivity contribution in [3.8, 4) is 11.4 Å². The molecule has 1 heterocycles. The molecule has 1 atom stereocenters. The lowest BCUT2D eigenvalue weighted by Crippen LogP contribution is -2.20. The zero-order valence-corrected chi connectivity index (χ0v) is 18.1. The first-order valence-corrected chi connectivity index (χ1v) is 10.7. The second-order valence-electron chi connectivity index (χ2n) is 7.00. The van der Waals surface area contributed by atoms with Gasteiger partial charge >= 0.3 is 0 Å². The van der Waals surface area contributed by atoms with E-state index in [-0.39, 0.29) is 17.7 Å². The second-order valence-corrected chi connectivity index (χ2v) is 7.94. The molecule has 8 heteroatoms. The first kappa shape index (κ1) is 21.6. The Balaban J connectivity index is 1.78. The Bertz CT molecular complexity index is 1050. The van der Waals surface area contributed by atoms with E-state index in [4.69, 9.17) is 5.73 Å². The number of hydrogen-bond acceptors (Lipinski definition) is 5. The zero-order valence-electron chi connectivity index (χ0n) is 17.3. The predicted molar refractivity (Wildman–Crippen MR) is 120 cm³/mol. The third kappa shape index (κ3) is 4.71. The first-order chi connectivity index (χ1) is 14.4. The first-order valence-electron chi connectivity index (χ1n) is 9.74. The number of carbonyl (C=O) groups is 2. The van der Waals surface area contributed by atoms with E-state index >= 15 is 0 Å². The Morgan fingerprint density at radius 3 is 2.53 bits per heavy atom. The number of anilines is 1. The molecule has 0 bridgehead atoms. The normalized spacial score (nSPS) is 11.8. The van der Waals surface area contributed by atoms with Gasteiger partial charge in [0, 0.05) is 11.6 Å². The molecule has 156 valence electrons. The highest BCUT2D eigenvalue weighted by Crippen LogP contribution is 2.29. The van der Waals surface area contributed by atoms with Crippen molar-refractivity contribution in [2.75, 3.05) is 11.1 Å². The molecular weight excluding hydrogens is 398 g/mol. The lowest BCUT2D eigenvalue weighted by Gasteiger charge is -2.16. The van der Waals surface area contributed by atoms with E-state index in [9.17, 15) is 9.59 Å². The summed E-state index contributed by atoms with van der Waals surface area (Å²) in [6.07, 6.45) is 0.906. The summed E-state index contributed by atoms with van der Waals surface area (Å²) >= 11 is 1.31. The molecular formula is C22H25N5O2S. The quantitative estimate of drug-likeness (QED) is 0.532. The van der Waals surface area contributed by atoms with Crippen LogP contribution in [0.5, 0.6) is 0 Å². The Hall–Kier alpha value is -3.13. The van der Waals surface area contributed by atoms with Crippen molar-refractivity contribution in [2.24, 2.45) is 5.73 Å². The molecule has 0 saturated heterocycles. The van der Waals surface area contributed by atoms with Crippen LogP contribution in [0.2, 0.25) is 0 Å². The van der Waals surface area contributed by atoms with Crippen LogP contribution in [0.3, 0.4) is 0 Å². The van der Waals surface area contributed by atoms with Gasteiger partial charge in [-0.3, -0.25) is 14.2 Å². The van der Waals surface area contributed by atoms with E-state index in [1.807, 2.05) is 30.3 Å². The molecule has 1 aromatic heterocycles. The summed E-state index contributed by atoms with van der Waals surface area (Å²) in [7, 11) is 0. The van der Waals surface area contributed by atoms with Gasteiger partial charge in [0.1, 0.15) is 0 Å². The number of carbonyl (C=O) groups excluding carboxylic acids is 2. The van der Waals surface area contributed by atoms with Crippen molar-refractivity contribution in [3.05, 3.63) is 59.7 Å². The monoisotopic (exact) mass is 423 g/mol. The van der Waals surface area contributed by atoms with Gasteiger partial charge in [0.15, 0.2) is 11.0 Å². The van der Waals surface area contributed by atoms with Crippen molar-refractivity contribution in [2.45, 2.75) is 38.4 Å². The summed E-state index contributed by atoms with van der Waals surface area (Å²) in [6, 6.07) is 15.3. The molecule has 0 spiro atoms. The second kappa shape index (κ2) is 9.58. The average Bonchev–Trinajstić information content (AvgIpc) is 3.16. The van der Waals surface area contributed by atoms with Crippen molar-refractivity contribution in [1.29, 1.82) is 0 Å². The number of rotatable bonds is 8. The fourth-order valence-electron chi connectivity index (χ4n) is 3.15. The standard InChI is InChI=1S/C22H25N5O2S/c1-4-15(3)27-21(16-10-6-5-7-11-16)25-26-22(27)30-13-18(28)24-17-12-8-9-14(2)19(17)20(23)29/h5-12,15H,4,13H2,1-3H3,(H2,23,29)(H,24,28). The minimum absolute atomic E-state index is 0.134. The number of nitrogens with two attached hydrogens (primary N) is 1. The number of hydrogen-bond donors (Lipinski definition) is 2. The van der Waals surface area contributed by atoms with Gasteiger partial charge in [-0.1, -0.05) is 61.2 Å². The van der Waals surface area contributed by atoms with Crippen molar-refractivity contribution < 1.29 is 9.59 Å². The summed E-state index contributed by atoms with van der Waals surface area (Å²) in [5, 5.41) is 12.2. The van der Waals surface area contributed by atoms with Gasteiger partial charge < -0.3 is 11.1 Å². The van der Waals surface area contributed by atoms with Crippen molar-refractivity contribution in [3.63, 3.8) is 0 Å². The molecule has 0 aliphatic carbocycles.